The Labute approximate surface area is 206 Å². The molecule has 0 fully saturated rings. The molecule has 0 spiro atoms. The molecular formula is C25H24BrN3O3S. The first-order chi connectivity index (χ1) is 16.0. The molecule has 0 aliphatic heterocycles. The molecule has 0 unspecified atom stereocenters. The van der Waals surface area contributed by atoms with Crippen molar-refractivity contribution in [3.05, 3.63) is 100 Å². The van der Waals surface area contributed by atoms with Crippen molar-refractivity contribution in [2.45, 2.75) is 19.3 Å². The molecule has 6 nitrogen and oxygen atoms in total. The molecule has 0 aliphatic carbocycles. The summed E-state index contributed by atoms with van der Waals surface area (Å²) in [7, 11) is 0. The zero-order chi connectivity index (χ0) is 23.6. The molecule has 0 aromatic heterocycles. The summed E-state index contributed by atoms with van der Waals surface area (Å²) in [5, 5.41) is 2.55. The molecule has 170 valence electrons. The molecule has 8 heteroatoms. The third-order valence-electron chi connectivity index (χ3n) is 4.70. The standard InChI is InChI=1S/C25H24BrN3O3S/c1-2-15-32-21-14-13-19(26)16-20(21)23(30)27-25(33)29-28-24(31)22(17-9-5-3-6-10-17)18-11-7-4-8-12-18/h3-14,16,22H,2,15H2,1H3,(H,28,31)(H2,27,29,30,33). The van der Waals surface area contributed by atoms with E-state index in [1.54, 1.807) is 18.2 Å². The van der Waals surface area contributed by atoms with Gasteiger partial charge >= 0.3 is 0 Å². The minimum absolute atomic E-state index is 0.0327. The van der Waals surface area contributed by atoms with Crippen LogP contribution in [-0.2, 0) is 4.79 Å². The van der Waals surface area contributed by atoms with Crippen LogP contribution in [-0.4, -0.2) is 23.5 Å². The van der Waals surface area contributed by atoms with Crippen molar-refractivity contribution in [1.29, 1.82) is 0 Å². The number of hydrogen-bond acceptors (Lipinski definition) is 4. The summed E-state index contributed by atoms with van der Waals surface area (Å²) < 4.78 is 6.39. The number of nitrogens with one attached hydrogen (secondary N) is 3. The first kappa shape index (κ1) is 24.4. The fourth-order valence-corrected chi connectivity index (χ4v) is 3.70. The van der Waals surface area contributed by atoms with Gasteiger partial charge in [0.05, 0.1) is 18.1 Å². The van der Waals surface area contributed by atoms with Crippen LogP contribution in [0, 0.1) is 0 Å². The normalized spacial score (nSPS) is 10.4. The van der Waals surface area contributed by atoms with Crippen LogP contribution in [0.5, 0.6) is 5.75 Å². The Hall–Kier alpha value is -3.23. The minimum atomic E-state index is -0.544. The van der Waals surface area contributed by atoms with Crippen LogP contribution in [0.25, 0.3) is 0 Å². The van der Waals surface area contributed by atoms with E-state index < -0.39 is 11.8 Å². The third kappa shape index (κ3) is 6.87. The fourth-order valence-electron chi connectivity index (χ4n) is 3.20. The number of carbonyl (C=O) groups is 2. The van der Waals surface area contributed by atoms with Crippen LogP contribution in [0.15, 0.2) is 83.3 Å². The van der Waals surface area contributed by atoms with Gasteiger partial charge in [0.25, 0.3) is 5.91 Å². The van der Waals surface area contributed by atoms with E-state index in [9.17, 15) is 9.59 Å². The molecule has 3 aromatic carbocycles. The van der Waals surface area contributed by atoms with E-state index in [2.05, 4.69) is 32.1 Å². The fraction of sp³-hybridized carbons (Fsp3) is 0.160. The Morgan fingerprint density at radius 2 is 1.55 bits per heavy atom. The Bertz CT molecular complexity index is 1070. The minimum Gasteiger partial charge on any atom is -0.493 e. The van der Waals surface area contributed by atoms with Gasteiger partial charge in [-0.2, -0.15) is 0 Å². The van der Waals surface area contributed by atoms with Crippen LogP contribution >= 0.6 is 28.1 Å². The monoisotopic (exact) mass is 525 g/mol. The predicted molar refractivity (Wildman–Crippen MR) is 136 cm³/mol. The van der Waals surface area contributed by atoms with Crippen LogP contribution in [0.4, 0.5) is 0 Å². The van der Waals surface area contributed by atoms with Crippen molar-refractivity contribution in [3.8, 4) is 5.75 Å². The van der Waals surface area contributed by atoms with Gasteiger partial charge < -0.3 is 4.74 Å². The van der Waals surface area contributed by atoms with Gasteiger partial charge in [0.2, 0.25) is 5.91 Å². The van der Waals surface area contributed by atoms with Crippen molar-refractivity contribution in [1.82, 2.24) is 16.2 Å². The van der Waals surface area contributed by atoms with E-state index in [1.807, 2.05) is 67.6 Å². The number of halogens is 1. The number of thiocarbonyl (C=S) groups is 1. The van der Waals surface area contributed by atoms with Crippen molar-refractivity contribution in [3.63, 3.8) is 0 Å². The topological polar surface area (TPSA) is 79.5 Å². The Kier molecular flexibility index (Phi) is 8.97. The number of amides is 2. The summed E-state index contributed by atoms with van der Waals surface area (Å²) in [6.45, 7) is 2.47. The molecule has 0 radical (unpaired) electrons. The third-order valence-corrected chi connectivity index (χ3v) is 5.40. The lowest BCUT2D eigenvalue weighted by Crippen LogP contribution is -2.49. The summed E-state index contributed by atoms with van der Waals surface area (Å²) in [6, 6.07) is 24.1. The number of hydrazine groups is 1. The van der Waals surface area contributed by atoms with Crippen LogP contribution in [0.2, 0.25) is 0 Å². The number of hydrogen-bond donors (Lipinski definition) is 3. The number of benzene rings is 3. The maximum Gasteiger partial charge on any atom is 0.261 e. The quantitative estimate of drug-likeness (QED) is 0.307. The Morgan fingerprint density at radius 3 is 2.12 bits per heavy atom. The van der Waals surface area contributed by atoms with Gasteiger partial charge in [-0.05, 0) is 48.0 Å². The molecule has 3 rings (SSSR count). The summed E-state index contributed by atoms with van der Waals surface area (Å²) in [5.74, 6) is -0.842. The average Bonchev–Trinajstić information content (AvgIpc) is 2.83. The lowest BCUT2D eigenvalue weighted by molar-refractivity contribution is -0.122. The van der Waals surface area contributed by atoms with Crippen molar-refractivity contribution in [2.75, 3.05) is 6.61 Å². The SMILES string of the molecule is CCCOc1ccc(Br)cc1C(=O)NC(=S)NNC(=O)C(c1ccccc1)c1ccccc1. The molecule has 0 saturated carbocycles. The van der Waals surface area contributed by atoms with Crippen LogP contribution in [0.1, 0.15) is 40.7 Å². The molecular weight excluding hydrogens is 502 g/mol. The molecule has 0 aliphatic rings. The highest BCUT2D eigenvalue weighted by Crippen LogP contribution is 2.25. The zero-order valence-electron chi connectivity index (χ0n) is 18.0. The molecule has 3 aromatic rings. The van der Waals surface area contributed by atoms with Crippen LogP contribution < -0.4 is 20.9 Å². The van der Waals surface area contributed by atoms with Crippen molar-refractivity contribution < 1.29 is 14.3 Å². The van der Waals surface area contributed by atoms with E-state index in [4.69, 9.17) is 17.0 Å². The first-order valence-electron chi connectivity index (χ1n) is 10.4. The van der Waals surface area contributed by atoms with Gasteiger partial charge in [-0.25, -0.2) is 0 Å². The lowest BCUT2D eigenvalue weighted by Gasteiger charge is -2.19. The van der Waals surface area contributed by atoms with Crippen molar-refractivity contribution in [2.24, 2.45) is 0 Å². The smallest absolute Gasteiger partial charge is 0.261 e. The Morgan fingerprint density at radius 1 is 0.939 bits per heavy atom. The maximum absolute atomic E-state index is 13.0. The van der Waals surface area contributed by atoms with E-state index in [-0.39, 0.29) is 11.0 Å². The van der Waals surface area contributed by atoms with Gasteiger partial charge in [-0.3, -0.25) is 25.8 Å². The second kappa shape index (κ2) is 12.1. The van der Waals surface area contributed by atoms with Gasteiger partial charge in [-0.15, -0.1) is 0 Å². The van der Waals surface area contributed by atoms with Gasteiger partial charge in [0.1, 0.15) is 5.75 Å². The lowest BCUT2D eigenvalue weighted by atomic mass is 9.91. The number of rotatable bonds is 7. The second-order valence-corrected chi connectivity index (χ2v) is 8.46. The van der Waals surface area contributed by atoms with E-state index in [0.29, 0.717) is 17.9 Å². The molecule has 0 atom stereocenters. The molecule has 3 N–H and O–H groups in total. The highest BCUT2D eigenvalue weighted by molar-refractivity contribution is 9.10. The number of carbonyl (C=O) groups excluding carboxylic acids is 2. The average molecular weight is 526 g/mol. The van der Waals surface area contributed by atoms with Gasteiger partial charge in [0, 0.05) is 4.47 Å². The van der Waals surface area contributed by atoms with Crippen LogP contribution in [0.3, 0.4) is 0 Å². The molecule has 0 saturated heterocycles. The molecule has 0 bridgehead atoms. The molecule has 0 heterocycles. The highest BCUT2D eigenvalue weighted by atomic mass is 79.9. The van der Waals surface area contributed by atoms with Gasteiger partial charge in [0.15, 0.2) is 5.11 Å². The summed E-state index contributed by atoms with van der Waals surface area (Å²) in [4.78, 5) is 25.8. The zero-order valence-corrected chi connectivity index (χ0v) is 20.4. The van der Waals surface area contributed by atoms with Crippen molar-refractivity contribution >= 4 is 45.1 Å². The molecule has 33 heavy (non-hydrogen) atoms. The second-order valence-electron chi connectivity index (χ2n) is 7.14. The summed E-state index contributed by atoms with van der Waals surface area (Å²) in [5.41, 5.74) is 7.25. The summed E-state index contributed by atoms with van der Waals surface area (Å²) >= 11 is 8.59. The first-order valence-corrected chi connectivity index (χ1v) is 11.6. The predicted octanol–water partition coefficient (Wildman–Crippen LogP) is 4.71. The highest BCUT2D eigenvalue weighted by Gasteiger charge is 2.23. The van der Waals surface area contributed by atoms with E-state index in [0.717, 1.165) is 22.0 Å². The number of ether oxygens (including phenoxy) is 1. The van der Waals surface area contributed by atoms with Gasteiger partial charge in [-0.1, -0.05) is 83.5 Å². The van der Waals surface area contributed by atoms with E-state index in [1.165, 1.54) is 0 Å². The Balaban J connectivity index is 1.67. The molecule has 2 amide bonds. The summed E-state index contributed by atoms with van der Waals surface area (Å²) in [6.07, 6.45) is 0.813. The van der Waals surface area contributed by atoms with E-state index >= 15 is 0 Å². The maximum atomic E-state index is 13.0. The largest absolute Gasteiger partial charge is 0.493 e.